The van der Waals surface area contributed by atoms with E-state index in [1.54, 1.807) is 12.1 Å². The Morgan fingerprint density at radius 1 is 0.794 bits per heavy atom. The molecule has 0 amide bonds. The van der Waals surface area contributed by atoms with Crippen LogP contribution in [0.25, 0.3) is 33.4 Å². The summed E-state index contributed by atoms with van der Waals surface area (Å²) in [6.07, 6.45) is -0.119. The fourth-order valence-electron chi connectivity index (χ4n) is 4.57. The molecule has 1 heterocycles. The van der Waals surface area contributed by atoms with E-state index in [-0.39, 0.29) is 5.41 Å². The third kappa shape index (κ3) is 4.46. The second-order valence-corrected chi connectivity index (χ2v) is 10.3. The first-order valence-electron chi connectivity index (χ1n) is 11.4. The molecular formula is C30H26O3S. The van der Waals surface area contributed by atoms with E-state index >= 15 is 0 Å². The Morgan fingerprint density at radius 2 is 1.50 bits per heavy atom. The fraction of sp³-hybridized carbons (Fsp3) is 0.167. The quantitative estimate of drug-likeness (QED) is 0.242. The zero-order chi connectivity index (χ0) is 23.7. The lowest BCUT2D eigenvalue weighted by Crippen LogP contribution is -2.22. The second kappa shape index (κ2) is 9.03. The molecule has 0 atom stereocenters. The third-order valence-corrected chi connectivity index (χ3v) is 7.56. The molecule has 0 saturated heterocycles. The zero-order valence-corrected chi connectivity index (χ0v) is 20.1. The van der Waals surface area contributed by atoms with E-state index in [0.29, 0.717) is 5.75 Å². The maximum atomic E-state index is 10.8. The number of carbonyl (C=O) groups is 1. The van der Waals surface area contributed by atoms with Crippen LogP contribution in [-0.2, 0) is 5.41 Å². The van der Waals surface area contributed by atoms with Crippen molar-refractivity contribution in [2.45, 2.75) is 30.6 Å². The number of rotatable bonds is 4. The summed E-state index contributed by atoms with van der Waals surface area (Å²) in [6.45, 7) is 4.66. The van der Waals surface area contributed by atoms with Crippen LogP contribution >= 0.6 is 11.8 Å². The minimum Gasteiger partial charge on any atom is -0.449 e. The monoisotopic (exact) mass is 466 g/mol. The lowest BCUT2D eigenvalue weighted by atomic mass is 9.81. The fourth-order valence-corrected chi connectivity index (χ4v) is 6.11. The van der Waals surface area contributed by atoms with Crippen LogP contribution in [0.5, 0.6) is 5.75 Å². The molecule has 170 valence electrons. The molecule has 1 N–H and O–H groups in total. The zero-order valence-electron chi connectivity index (χ0n) is 19.2. The van der Waals surface area contributed by atoms with Crippen molar-refractivity contribution in [2.75, 3.05) is 5.75 Å². The van der Waals surface area contributed by atoms with Crippen LogP contribution < -0.4 is 4.74 Å². The molecule has 0 aromatic heterocycles. The molecule has 5 rings (SSSR count). The van der Waals surface area contributed by atoms with Gasteiger partial charge in [-0.15, -0.1) is 11.8 Å². The van der Waals surface area contributed by atoms with Crippen molar-refractivity contribution in [1.29, 1.82) is 0 Å². The molecule has 4 aromatic carbocycles. The van der Waals surface area contributed by atoms with Gasteiger partial charge in [0, 0.05) is 4.90 Å². The molecule has 0 radical (unpaired) electrons. The molecule has 0 unspecified atom stereocenters. The molecule has 4 aromatic rings. The van der Waals surface area contributed by atoms with E-state index in [1.807, 2.05) is 30.0 Å². The van der Waals surface area contributed by atoms with Gasteiger partial charge >= 0.3 is 6.16 Å². The Labute approximate surface area is 204 Å². The van der Waals surface area contributed by atoms with Crippen molar-refractivity contribution < 1.29 is 14.6 Å². The van der Waals surface area contributed by atoms with E-state index in [9.17, 15) is 4.79 Å². The summed E-state index contributed by atoms with van der Waals surface area (Å²) < 4.78 is 4.76. The Morgan fingerprint density at radius 3 is 2.24 bits per heavy atom. The average Bonchev–Trinajstić information content (AvgIpc) is 2.84. The molecular weight excluding hydrogens is 440 g/mol. The standard InChI is InChI=1S/C30H26O3S/c1-30(2)16-17-34-28-19-23(11-15-27(28)30)26-18-22(10-14-25(26)21-6-4-3-5-7-21)20-8-12-24(13-9-20)33-29(31)32/h3-15,18-19H,16-17H2,1-2H3,(H,31,32). The lowest BCUT2D eigenvalue weighted by molar-refractivity contribution is 0.144. The summed E-state index contributed by atoms with van der Waals surface area (Å²) in [5.74, 6) is 1.45. The van der Waals surface area contributed by atoms with Gasteiger partial charge in [0.15, 0.2) is 0 Å². The van der Waals surface area contributed by atoms with Gasteiger partial charge in [-0.2, -0.15) is 0 Å². The van der Waals surface area contributed by atoms with Crippen molar-refractivity contribution in [2.24, 2.45) is 0 Å². The van der Waals surface area contributed by atoms with E-state index < -0.39 is 6.16 Å². The predicted molar refractivity (Wildman–Crippen MR) is 140 cm³/mol. The number of thioether (sulfide) groups is 1. The highest BCUT2D eigenvalue weighted by Crippen LogP contribution is 2.44. The summed E-state index contributed by atoms with van der Waals surface area (Å²) in [5, 5.41) is 8.85. The van der Waals surface area contributed by atoms with Gasteiger partial charge in [0.2, 0.25) is 0 Å². The molecule has 0 saturated carbocycles. The van der Waals surface area contributed by atoms with Gasteiger partial charge < -0.3 is 9.84 Å². The van der Waals surface area contributed by atoms with Crippen LogP contribution in [0.1, 0.15) is 25.8 Å². The van der Waals surface area contributed by atoms with E-state index in [1.165, 1.54) is 39.1 Å². The lowest BCUT2D eigenvalue weighted by Gasteiger charge is -2.32. The Kier molecular flexibility index (Phi) is 5.93. The van der Waals surface area contributed by atoms with E-state index in [4.69, 9.17) is 9.84 Å². The van der Waals surface area contributed by atoms with Crippen molar-refractivity contribution in [3.05, 3.63) is 96.6 Å². The average molecular weight is 467 g/mol. The first-order chi connectivity index (χ1) is 16.4. The molecule has 0 fully saturated rings. The first kappa shape index (κ1) is 22.3. The molecule has 4 heteroatoms. The van der Waals surface area contributed by atoms with Crippen LogP contribution in [0.2, 0.25) is 0 Å². The Bertz CT molecular complexity index is 1340. The number of hydrogen-bond acceptors (Lipinski definition) is 3. The normalized spacial score (nSPS) is 14.3. The highest BCUT2D eigenvalue weighted by Gasteiger charge is 2.28. The molecule has 1 aliphatic heterocycles. The predicted octanol–water partition coefficient (Wildman–Crippen LogP) is 8.52. The SMILES string of the molecule is CC1(C)CCSc2cc(-c3cc(-c4ccc(OC(=O)O)cc4)ccc3-c3ccccc3)ccc21. The van der Waals surface area contributed by atoms with E-state index in [0.717, 1.165) is 16.9 Å². The number of carboxylic acid groups (broad SMARTS) is 1. The van der Waals surface area contributed by atoms with Gasteiger partial charge in [-0.05, 0) is 80.8 Å². The Balaban J connectivity index is 1.62. The maximum absolute atomic E-state index is 10.8. The smallest absolute Gasteiger partial charge is 0.449 e. The number of hydrogen-bond donors (Lipinski definition) is 1. The van der Waals surface area contributed by atoms with Gasteiger partial charge in [0.25, 0.3) is 0 Å². The summed E-state index contributed by atoms with van der Waals surface area (Å²) >= 11 is 1.95. The van der Waals surface area contributed by atoms with Crippen molar-refractivity contribution in [3.63, 3.8) is 0 Å². The molecule has 0 bridgehead atoms. The van der Waals surface area contributed by atoms with Crippen molar-refractivity contribution >= 4 is 17.9 Å². The van der Waals surface area contributed by atoms with Gasteiger partial charge in [0.1, 0.15) is 5.75 Å². The van der Waals surface area contributed by atoms with Crippen LogP contribution in [-0.4, -0.2) is 17.0 Å². The first-order valence-corrected chi connectivity index (χ1v) is 12.4. The van der Waals surface area contributed by atoms with Crippen LogP contribution in [0.15, 0.2) is 95.9 Å². The topological polar surface area (TPSA) is 46.5 Å². The summed E-state index contributed by atoms with van der Waals surface area (Å²) in [6, 6.07) is 31.1. The number of ether oxygens (including phenoxy) is 1. The molecule has 0 aliphatic carbocycles. The molecule has 3 nitrogen and oxygen atoms in total. The molecule has 34 heavy (non-hydrogen) atoms. The highest BCUT2D eigenvalue weighted by molar-refractivity contribution is 7.99. The second-order valence-electron chi connectivity index (χ2n) is 9.21. The summed E-state index contributed by atoms with van der Waals surface area (Å²) in [5.41, 5.74) is 8.46. The minimum atomic E-state index is -1.31. The van der Waals surface area contributed by atoms with Crippen LogP contribution in [0, 0.1) is 0 Å². The van der Waals surface area contributed by atoms with Gasteiger partial charge in [0.05, 0.1) is 0 Å². The highest BCUT2D eigenvalue weighted by atomic mass is 32.2. The number of fused-ring (bicyclic) bond motifs is 1. The Hall–Kier alpha value is -3.50. The van der Waals surface area contributed by atoms with Crippen molar-refractivity contribution in [3.8, 4) is 39.1 Å². The van der Waals surface area contributed by atoms with Gasteiger partial charge in [-0.1, -0.05) is 80.6 Å². The third-order valence-electron chi connectivity index (χ3n) is 6.50. The van der Waals surface area contributed by atoms with Gasteiger partial charge in [-0.25, -0.2) is 4.79 Å². The number of benzene rings is 4. The largest absolute Gasteiger partial charge is 0.511 e. The maximum Gasteiger partial charge on any atom is 0.511 e. The van der Waals surface area contributed by atoms with Crippen LogP contribution in [0.3, 0.4) is 0 Å². The van der Waals surface area contributed by atoms with Gasteiger partial charge in [-0.3, -0.25) is 0 Å². The van der Waals surface area contributed by atoms with Crippen LogP contribution in [0.4, 0.5) is 4.79 Å². The summed E-state index contributed by atoms with van der Waals surface area (Å²) in [7, 11) is 0. The molecule has 0 spiro atoms. The van der Waals surface area contributed by atoms with Crippen molar-refractivity contribution in [1.82, 2.24) is 0 Å². The summed E-state index contributed by atoms with van der Waals surface area (Å²) in [4.78, 5) is 12.2. The molecule has 1 aliphatic rings. The minimum absolute atomic E-state index is 0.197. The van der Waals surface area contributed by atoms with E-state index in [2.05, 4.69) is 74.5 Å².